The molecule has 0 atom stereocenters. The van der Waals surface area contributed by atoms with Gasteiger partial charge in [0, 0.05) is 30.4 Å². The molecule has 180 valence electrons. The fraction of sp³-hybridized carbons (Fsp3) is 0.148. The minimum Gasteiger partial charge on any atom is -0.383 e. The molecule has 0 saturated carbocycles. The van der Waals surface area contributed by atoms with E-state index >= 15 is 0 Å². The van der Waals surface area contributed by atoms with Gasteiger partial charge in [0.2, 0.25) is 0 Å². The number of benzene rings is 3. The topological polar surface area (TPSA) is 83.0 Å². The third-order valence-corrected chi connectivity index (χ3v) is 5.31. The molecule has 0 saturated heterocycles. The Bertz CT molecular complexity index is 1210. The summed E-state index contributed by atoms with van der Waals surface area (Å²) < 4.78 is 5.03. The van der Waals surface area contributed by atoms with E-state index in [1.165, 1.54) is 6.07 Å². The number of ether oxygens (including phenoxy) is 1. The molecule has 0 aliphatic rings. The van der Waals surface area contributed by atoms with E-state index in [2.05, 4.69) is 22.3 Å². The summed E-state index contributed by atoms with van der Waals surface area (Å²) in [5, 5.41) is 12.1. The van der Waals surface area contributed by atoms with Crippen LogP contribution in [0.2, 0.25) is 5.02 Å². The maximum atomic E-state index is 12.9. The van der Waals surface area contributed by atoms with E-state index in [0.717, 1.165) is 11.1 Å². The normalized spacial score (nSPS) is 10.7. The molecule has 0 spiro atoms. The highest BCUT2D eigenvalue weighted by molar-refractivity contribution is 6.31. The van der Waals surface area contributed by atoms with Crippen LogP contribution in [0.5, 0.6) is 0 Å². The molecule has 3 aromatic rings. The van der Waals surface area contributed by atoms with Crippen molar-refractivity contribution < 1.29 is 14.3 Å². The summed E-state index contributed by atoms with van der Waals surface area (Å²) in [6, 6.07) is 19.0. The van der Waals surface area contributed by atoms with Gasteiger partial charge in [-0.15, -0.1) is 0 Å². The van der Waals surface area contributed by atoms with Gasteiger partial charge in [-0.25, -0.2) is 0 Å². The zero-order chi connectivity index (χ0) is 25.2. The van der Waals surface area contributed by atoms with Crippen molar-refractivity contribution in [2.45, 2.75) is 0 Å². The highest BCUT2D eigenvalue weighted by atomic mass is 35.5. The number of amides is 2. The largest absolute Gasteiger partial charge is 0.383 e. The van der Waals surface area contributed by atoms with Gasteiger partial charge in [0.1, 0.15) is 0 Å². The first kappa shape index (κ1) is 25.7. The van der Waals surface area contributed by atoms with Gasteiger partial charge in [-0.05, 0) is 53.6 Å². The molecule has 8 heteroatoms. The minimum atomic E-state index is -0.390. The highest BCUT2D eigenvalue weighted by Gasteiger charge is 2.16. The van der Waals surface area contributed by atoms with E-state index in [9.17, 15) is 9.59 Å². The fourth-order valence-corrected chi connectivity index (χ4v) is 3.25. The second-order valence-electron chi connectivity index (χ2n) is 7.66. The van der Waals surface area contributed by atoms with Gasteiger partial charge in [-0.3, -0.25) is 14.6 Å². The van der Waals surface area contributed by atoms with E-state index in [0.29, 0.717) is 35.1 Å². The third-order valence-electron chi connectivity index (χ3n) is 5.07. The average Bonchev–Trinajstić information content (AvgIpc) is 2.87. The Morgan fingerprint density at radius 1 is 1.00 bits per heavy atom. The number of halogens is 1. The summed E-state index contributed by atoms with van der Waals surface area (Å²) in [5.74, 6) is -0.740. The number of nitrogens with zero attached hydrogens (tertiary/aromatic N) is 2. The number of anilines is 2. The van der Waals surface area contributed by atoms with Crippen LogP contribution in [0.15, 0.2) is 78.4 Å². The number of nitrogens with one attached hydrogen (secondary N) is 2. The summed E-state index contributed by atoms with van der Waals surface area (Å²) in [6.07, 6.45) is 3.43. The van der Waals surface area contributed by atoms with Crippen LogP contribution in [0.4, 0.5) is 11.4 Å². The minimum absolute atomic E-state index is 0.251. The third kappa shape index (κ3) is 7.53. The van der Waals surface area contributed by atoms with Crippen molar-refractivity contribution in [2.24, 2.45) is 5.10 Å². The number of likely N-dealkylation sites (N-methyl/N-ethyl adjacent to an activating group) is 1. The molecule has 0 aliphatic carbocycles. The Hall–Kier alpha value is -3.94. The predicted molar refractivity (Wildman–Crippen MR) is 142 cm³/mol. The number of carbonyl (C=O) groups excluding carboxylic acids is 2. The monoisotopic (exact) mass is 490 g/mol. The Morgan fingerprint density at radius 2 is 1.69 bits per heavy atom. The maximum absolute atomic E-state index is 12.9. The number of hydrogen-bond acceptors (Lipinski definition) is 5. The summed E-state index contributed by atoms with van der Waals surface area (Å²) in [6.45, 7) is 4.97. The summed E-state index contributed by atoms with van der Waals surface area (Å²) >= 11 is 6.13. The van der Waals surface area contributed by atoms with Gasteiger partial charge >= 0.3 is 0 Å². The highest BCUT2D eigenvalue weighted by Crippen LogP contribution is 2.23. The van der Waals surface area contributed by atoms with E-state index in [-0.39, 0.29) is 11.5 Å². The van der Waals surface area contributed by atoms with E-state index in [1.807, 2.05) is 19.2 Å². The molecule has 7 nitrogen and oxygen atoms in total. The SMILES string of the molecule is C=Cc1ccc(NC(=O)c2cc(Cl)ccc2NC(=O)c2ccc(C=NN(C)CCOC)cc2)cc1. The molecule has 0 unspecified atom stereocenters. The van der Waals surface area contributed by atoms with E-state index in [1.54, 1.807) is 72.9 Å². The molecular weight excluding hydrogens is 464 g/mol. The molecule has 0 aromatic heterocycles. The van der Waals surface area contributed by atoms with Crippen molar-refractivity contribution in [1.82, 2.24) is 5.01 Å². The van der Waals surface area contributed by atoms with E-state index in [4.69, 9.17) is 16.3 Å². The lowest BCUT2D eigenvalue weighted by Gasteiger charge is -2.13. The molecule has 3 rings (SSSR count). The van der Waals surface area contributed by atoms with Gasteiger partial charge in [-0.2, -0.15) is 5.10 Å². The summed E-state index contributed by atoms with van der Waals surface area (Å²) in [5.41, 5.74) is 3.44. The van der Waals surface area contributed by atoms with Crippen LogP contribution in [-0.4, -0.2) is 50.3 Å². The fourth-order valence-electron chi connectivity index (χ4n) is 3.08. The van der Waals surface area contributed by atoms with Crippen LogP contribution < -0.4 is 10.6 Å². The smallest absolute Gasteiger partial charge is 0.257 e. The molecule has 0 radical (unpaired) electrons. The lowest BCUT2D eigenvalue weighted by Crippen LogP contribution is -2.18. The van der Waals surface area contributed by atoms with Crippen molar-refractivity contribution in [2.75, 3.05) is 37.9 Å². The number of methoxy groups -OCH3 is 1. The number of carbonyl (C=O) groups is 2. The van der Waals surface area contributed by atoms with Crippen molar-refractivity contribution in [1.29, 1.82) is 0 Å². The van der Waals surface area contributed by atoms with Crippen LogP contribution in [0.25, 0.3) is 6.08 Å². The van der Waals surface area contributed by atoms with Gasteiger partial charge in [0.25, 0.3) is 11.8 Å². The molecular formula is C27H27ClN4O3. The quantitative estimate of drug-likeness (QED) is 0.294. The molecule has 0 fully saturated rings. The molecule has 2 amide bonds. The van der Waals surface area contributed by atoms with Crippen molar-refractivity contribution in [3.8, 4) is 0 Å². The Morgan fingerprint density at radius 3 is 2.34 bits per heavy atom. The van der Waals surface area contributed by atoms with Gasteiger partial charge in [0.15, 0.2) is 0 Å². The molecule has 3 aromatic carbocycles. The van der Waals surface area contributed by atoms with Crippen molar-refractivity contribution in [3.63, 3.8) is 0 Å². The molecule has 0 heterocycles. The standard InChI is InChI=1S/C27H27ClN4O3/c1-4-19-7-12-23(13-8-19)30-27(34)24-17-22(28)11-14-25(24)31-26(33)21-9-5-20(6-10-21)18-29-32(2)15-16-35-3/h4-14,17-18H,1,15-16H2,2-3H3,(H,30,34)(H,31,33). The van der Waals surface area contributed by atoms with Gasteiger partial charge in [-0.1, -0.05) is 48.5 Å². The Kier molecular flexibility index (Phi) is 9.17. The Labute approximate surface area is 210 Å². The molecule has 2 N–H and O–H groups in total. The average molecular weight is 491 g/mol. The Balaban J connectivity index is 1.70. The number of hydrazone groups is 1. The van der Waals surface area contributed by atoms with Crippen LogP contribution >= 0.6 is 11.6 Å². The number of rotatable bonds is 10. The van der Waals surface area contributed by atoms with Gasteiger partial charge in [0.05, 0.1) is 30.6 Å². The van der Waals surface area contributed by atoms with E-state index < -0.39 is 5.91 Å². The predicted octanol–water partition coefficient (Wildman–Crippen LogP) is 5.40. The van der Waals surface area contributed by atoms with Crippen LogP contribution in [0.3, 0.4) is 0 Å². The first-order chi connectivity index (χ1) is 16.9. The van der Waals surface area contributed by atoms with Gasteiger partial charge < -0.3 is 15.4 Å². The molecule has 0 aliphatic heterocycles. The van der Waals surface area contributed by atoms with Crippen LogP contribution in [-0.2, 0) is 4.74 Å². The van der Waals surface area contributed by atoms with Crippen LogP contribution in [0, 0.1) is 0 Å². The maximum Gasteiger partial charge on any atom is 0.257 e. The first-order valence-electron chi connectivity index (χ1n) is 10.9. The summed E-state index contributed by atoms with van der Waals surface area (Å²) in [7, 11) is 3.50. The second-order valence-corrected chi connectivity index (χ2v) is 8.10. The molecule has 0 bridgehead atoms. The van der Waals surface area contributed by atoms with Crippen LogP contribution in [0.1, 0.15) is 31.8 Å². The van der Waals surface area contributed by atoms with Crippen molar-refractivity contribution in [3.05, 3.63) is 101 Å². The lowest BCUT2D eigenvalue weighted by molar-refractivity contribution is 0.102. The molecule has 35 heavy (non-hydrogen) atoms. The number of hydrogen-bond donors (Lipinski definition) is 2. The zero-order valence-electron chi connectivity index (χ0n) is 19.6. The summed E-state index contributed by atoms with van der Waals surface area (Å²) in [4.78, 5) is 25.8. The lowest BCUT2D eigenvalue weighted by atomic mass is 10.1. The van der Waals surface area contributed by atoms with Crippen molar-refractivity contribution >= 4 is 47.1 Å². The first-order valence-corrected chi connectivity index (χ1v) is 11.3. The zero-order valence-corrected chi connectivity index (χ0v) is 20.4. The second kappa shape index (κ2) is 12.5.